The van der Waals surface area contributed by atoms with Crippen LogP contribution in [0.3, 0.4) is 0 Å². The van der Waals surface area contributed by atoms with E-state index in [9.17, 15) is 4.79 Å². The van der Waals surface area contributed by atoms with Crippen LogP contribution in [0.2, 0.25) is 0 Å². The number of amides is 1. The normalized spacial score (nSPS) is 11.4. The summed E-state index contributed by atoms with van der Waals surface area (Å²) in [5.74, 6) is 1.93. The Morgan fingerprint density at radius 1 is 1.04 bits per heavy atom. The van der Waals surface area contributed by atoms with E-state index in [1.165, 1.54) is 0 Å². The van der Waals surface area contributed by atoms with Gasteiger partial charge in [0.25, 0.3) is 5.91 Å². The Bertz CT molecular complexity index is 630. The summed E-state index contributed by atoms with van der Waals surface area (Å²) in [4.78, 5) is 12.2. The van der Waals surface area contributed by atoms with Crippen LogP contribution in [-0.2, 0) is 4.79 Å². The van der Waals surface area contributed by atoms with Gasteiger partial charge in [0.15, 0.2) is 6.10 Å². The molecule has 2 aromatic carbocycles. The van der Waals surface area contributed by atoms with Crippen LogP contribution in [0.1, 0.15) is 13.3 Å². The number of methoxy groups -OCH3 is 1. The maximum atomic E-state index is 12.2. The van der Waals surface area contributed by atoms with Crippen molar-refractivity contribution >= 4 is 5.91 Å². The summed E-state index contributed by atoms with van der Waals surface area (Å²) in [5.41, 5.74) is 0. The lowest BCUT2D eigenvalue weighted by atomic mass is 10.2. The van der Waals surface area contributed by atoms with E-state index in [-0.39, 0.29) is 5.91 Å². The van der Waals surface area contributed by atoms with Crippen LogP contribution >= 0.6 is 0 Å². The largest absolute Gasteiger partial charge is 0.497 e. The third kappa shape index (κ3) is 5.50. The number of nitrogens with one attached hydrogen (secondary N) is 1. The van der Waals surface area contributed by atoms with Gasteiger partial charge in [-0.2, -0.15) is 0 Å². The lowest BCUT2D eigenvalue weighted by molar-refractivity contribution is -0.128. The van der Waals surface area contributed by atoms with E-state index in [1.54, 1.807) is 19.2 Å². The summed E-state index contributed by atoms with van der Waals surface area (Å²) < 4.78 is 16.5. The van der Waals surface area contributed by atoms with Crippen LogP contribution in [-0.4, -0.2) is 32.3 Å². The third-order valence-corrected chi connectivity index (χ3v) is 3.40. The van der Waals surface area contributed by atoms with Crippen LogP contribution in [0.25, 0.3) is 0 Å². The Morgan fingerprint density at radius 2 is 1.75 bits per heavy atom. The van der Waals surface area contributed by atoms with Gasteiger partial charge < -0.3 is 19.5 Å². The van der Waals surface area contributed by atoms with Crippen molar-refractivity contribution in [1.82, 2.24) is 5.32 Å². The molecule has 1 N–H and O–H groups in total. The zero-order chi connectivity index (χ0) is 17.2. The zero-order valence-electron chi connectivity index (χ0n) is 14.0. The quantitative estimate of drug-likeness (QED) is 0.719. The Morgan fingerprint density at radius 3 is 2.46 bits per heavy atom. The third-order valence-electron chi connectivity index (χ3n) is 3.40. The summed E-state index contributed by atoms with van der Waals surface area (Å²) in [5, 5.41) is 2.83. The van der Waals surface area contributed by atoms with Gasteiger partial charge in [0, 0.05) is 6.07 Å². The number of carbonyl (C=O) groups is 1. The topological polar surface area (TPSA) is 56.8 Å². The number of para-hydroxylation sites is 1. The molecule has 5 heteroatoms. The van der Waals surface area contributed by atoms with Crippen LogP contribution in [0.5, 0.6) is 17.2 Å². The molecule has 0 bridgehead atoms. The van der Waals surface area contributed by atoms with Gasteiger partial charge in [-0.3, -0.25) is 4.79 Å². The molecule has 128 valence electrons. The molecule has 2 aromatic rings. The van der Waals surface area contributed by atoms with Gasteiger partial charge in [-0.05, 0) is 30.7 Å². The second kappa shape index (κ2) is 9.45. The van der Waals surface area contributed by atoms with Crippen molar-refractivity contribution in [2.45, 2.75) is 19.4 Å². The molecule has 0 aromatic heterocycles. The van der Waals surface area contributed by atoms with Gasteiger partial charge >= 0.3 is 0 Å². The van der Waals surface area contributed by atoms with Gasteiger partial charge in [-0.15, -0.1) is 0 Å². The minimum atomic E-state index is -0.547. The average molecular weight is 329 g/mol. The van der Waals surface area contributed by atoms with Gasteiger partial charge in [-0.25, -0.2) is 0 Å². The molecule has 0 fully saturated rings. The Kier molecular flexibility index (Phi) is 6.95. The first-order valence-corrected chi connectivity index (χ1v) is 7.99. The van der Waals surface area contributed by atoms with Crippen molar-refractivity contribution in [3.05, 3.63) is 54.6 Å². The lowest BCUT2D eigenvalue weighted by Crippen LogP contribution is -2.39. The van der Waals surface area contributed by atoms with Crippen molar-refractivity contribution in [2.75, 3.05) is 20.3 Å². The van der Waals surface area contributed by atoms with Crippen LogP contribution in [0.15, 0.2) is 54.6 Å². The molecule has 5 nitrogen and oxygen atoms in total. The van der Waals surface area contributed by atoms with E-state index >= 15 is 0 Å². The number of hydrogen-bond acceptors (Lipinski definition) is 4. The average Bonchev–Trinajstić information content (AvgIpc) is 2.64. The summed E-state index contributed by atoms with van der Waals surface area (Å²) in [7, 11) is 1.59. The molecule has 0 aliphatic carbocycles. The molecule has 1 atom stereocenters. The van der Waals surface area contributed by atoms with E-state index < -0.39 is 6.10 Å². The summed E-state index contributed by atoms with van der Waals surface area (Å²) in [6.07, 6.45) is 0.0246. The maximum absolute atomic E-state index is 12.2. The number of hydrogen-bond donors (Lipinski definition) is 1. The van der Waals surface area contributed by atoms with Crippen molar-refractivity contribution in [3.63, 3.8) is 0 Å². The van der Waals surface area contributed by atoms with E-state index in [0.717, 1.165) is 5.75 Å². The highest BCUT2D eigenvalue weighted by Gasteiger charge is 2.18. The fourth-order valence-corrected chi connectivity index (χ4v) is 2.13. The van der Waals surface area contributed by atoms with Gasteiger partial charge in [0.2, 0.25) is 0 Å². The van der Waals surface area contributed by atoms with Crippen molar-refractivity contribution < 1.29 is 19.0 Å². The highest BCUT2D eigenvalue weighted by Crippen LogP contribution is 2.20. The molecule has 0 aliphatic rings. The van der Waals surface area contributed by atoms with E-state index in [4.69, 9.17) is 14.2 Å². The molecule has 0 radical (unpaired) electrons. The van der Waals surface area contributed by atoms with Crippen LogP contribution < -0.4 is 19.5 Å². The predicted octanol–water partition coefficient (Wildman–Crippen LogP) is 3.05. The van der Waals surface area contributed by atoms with Crippen molar-refractivity contribution in [2.24, 2.45) is 0 Å². The summed E-state index contributed by atoms with van der Waals surface area (Å²) in [6, 6.07) is 16.7. The van der Waals surface area contributed by atoms with Crippen LogP contribution in [0.4, 0.5) is 0 Å². The van der Waals surface area contributed by atoms with E-state index in [0.29, 0.717) is 31.1 Å². The van der Waals surface area contributed by atoms with Gasteiger partial charge in [0.05, 0.1) is 13.7 Å². The number of ether oxygens (including phenoxy) is 3. The Hall–Kier alpha value is -2.69. The SMILES string of the molecule is CC[C@H](Oc1cccc(OC)c1)C(=O)NCCOc1ccccc1. The number of benzene rings is 2. The second-order valence-corrected chi connectivity index (χ2v) is 5.15. The molecule has 0 spiro atoms. The summed E-state index contributed by atoms with van der Waals surface area (Å²) in [6.45, 7) is 2.74. The van der Waals surface area contributed by atoms with Crippen LogP contribution in [0, 0.1) is 0 Å². The standard InChI is InChI=1S/C19H23NO4/c1-3-18(24-17-11-7-10-16(14-17)22-2)19(21)20-12-13-23-15-8-5-4-6-9-15/h4-11,14,18H,3,12-13H2,1-2H3,(H,20,21)/t18-/m0/s1. The fourth-order valence-electron chi connectivity index (χ4n) is 2.13. The molecule has 0 unspecified atom stereocenters. The number of rotatable bonds is 9. The smallest absolute Gasteiger partial charge is 0.261 e. The molecular weight excluding hydrogens is 306 g/mol. The number of carbonyl (C=O) groups excluding carboxylic acids is 1. The van der Waals surface area contributed by atoms with Crippen molar-refractivity contribution in [1.29, 1.82) is 0 Å². The molecule has 1 amide bonds. The molecule has 0 saturated carbocycles. The highest BCUT2D eigenvalue weighted by molar-refractivity contribution is 5.81. The van der Waals surface area contributed by atoms with E-state index in [2.05, 4.69) is 5.32 Å². The molecule has 0 heterocycles. The first-order chi connectivity index (χ1) is 11.7. The van der Waals surface area contributed by atoms with Crippen molar-refractivity contribution in [3.8, 4) is 17.2 Å². The van der Waals surface area contributed by atoms with Gasteiger partial charge in [0.1, 0.15) is 23.9 Å². The first-order valence-electron chi connectivity index (χ1n) is 7.99. The molecular formula is C19H23NO4. The fraction of sp³-hybridized carbons (Fsp3) is 0.316. The molecule has 2 rings (SSSR count). The minimum Gasteiger partial charge on any atom is -0.497 e. The Labute approximate surface area is 142 Å². The predicted molar refractivity (Wildman–Crippen MR) is 92.6 cm³/mol. The zero-order valence-corrected chi connectivity index (χ0v) is 14.0. The summed E-state index contributed by atoms with van der Waals surface area (Å²) >= 11 is 0. The minimum absolute atomic E-state index is 0.156. The second-order valence-electron chi connectivity index (χ2n) is 5.15. The Balaban J connectivity index is 1.78. The first kappa shape index (κ1) is 17.7. The monoisotopic (exact) mass is 329 g/mol. The lowest BCUT2D eigenvalue weighted by Gasteiger charge is -2.17. The molecule has 24 heavy (non-hydrogen) atoms. The highest BCUT2D eigenvalue weighted by atomic mass is 16.5. The molecule has 0 saturated heterocycles. The van der Waals surface area contributed by atoms with E-state index in [1.807, 2.05) is 49.4 Å². The maximum Gasteiger partial charge on any atom is 0.261 e. The molecule has 0 aliphatic heterocycles. The van der Waals surface area contributed by atoms with Gasteiger partial charge in [-0.1, -0.05) is 31.2 Å².